The van der Waals surface area contributed by atoms with Crippen molar-refractivity contribution in [1.82, 2.24) is 9.80 Å². The Hall–Kier alpha value is -0.120. The standard InChI is InChI=1S/C15H29N3/c1-13-4-5-15(10-13,12-16)18-8-6-17(7-9-18)11-14-2-3-14/h13-14H,2-12,16H2,1H3. The van der Waals surface area contributed by atoms with E-state index in [1.54, 1.807) is 0 Å². The van der Waals surface area contributed by atoms with E-state index >= 15 is 0 Å². The summed E-state index contributed by atoms with van der Waals surface area (Å²) in [5, 5.41) is 0. The zero-order valence-corrected chi connectivity index (χ0v) is 11.9. The largest absolute Gasteiger partial charge is 0.329 e. The van der Waals surface area contributed by atoms with Crippen LogP contribution < -0.4 is 5.73 Å². The average molecular weight is 251 g/mol. The first kappa shape index (κ1) is 12.9. The minimum absolute atomic E-state index is 0.352. The van der Waals surface area contributed by atoms with Crippen molar-refractivity contribution >= 4 is 0 Å². The molecule has 0 bridgehead atoms. The molecule has 2 aliphatic carbocycles. The molecule has 0 radical (unpaired) electrons. The quantitative estimate of drug-likeness (QED) is 0.822. The van der Waals surface area contributed by atoms with Gasteiger partial charge in [0.1, 0.15) is 0 Å². The average Bonchev–Trinajstić information content (AvgIpc) is 3.11. The third-order valence-electron chi connectivity index (χ3n) is 5.47. The second kappa shape index (κ2) is 5.10. The molecule has 0 spiro atoms. The number of nitrogens with zero attached hydrogens (tertiary/aromatic N) is 2. The molecule has 1 heterocycles. The van der Waals surface area contributed by atoms with Crippen LogP contribution in [0.5, 0.6) is 0 Å². The van der Waals surface area contributed by atoms with Gasteiger partial charge >= 0.3 is 0 Å². The van der Waals surface area contributed by atoms with Gasteiger partial charge in [0.2, 0.25) is 0 Å². The molecule has 1 aliphatic heterocycles. The van der Waals surface area contributed by atoms with Crippen LogP contribution in [-0.4, -0.2) is 54.6 Å². The van der Waals surface area contributed by atoms with Gasteiger partial charge in [0.05, 0.1) is 0 Å². The van der Waals surface area contributed by atoms with E-state index in [0.29, 0.717) is 5.54 Å². The molecule has 18 heavy (non-hydrogen) atoms. The molecule has 1 saturated heterocycles. The molecule has 0 amide bonds. The smallest absolute Gasteiger partial charge is 0.0335 e. The molecule has 2 atom stereocenters. The molecular weight excluding hydrogens is 222 g/mol. The van der Waals surface area contributed by atoms with E-state index in [1.165, 1.54) is 64.8 Å². The number of nitrogens with two attached hydrogens (primary N) is 1. The van der Waals surface area contributed by atoms with E-state index in [2.05, 4.69) is 16.7 Å². The van der Waals surface area contributed by atoms with Crippen LogP contribution in [0.3, 0.4) is 0 Å². The van der Waals surface area contributed by atoms with Gasteiger partial charge in [-0.3, -0.25) is 4.90 Å². The number of hydrogen-bond donors (Lipinski definition) is 1. The summed E-state index contributed by atoms with van der Waals surface area (Å²) in [6.07, 6.45) is 6.98. The summed E-state index contributed by atoms with van der Waals surface area (Å²) in [6.45, 7) is 9.65. The molecule has 104 valence electrons. The zero-order chi connectivity index (χ0) is 12.6. The predicted molar refractivity (Wildman–Crippen MR) is 75.5 cm³/mol. The molecular formula is C15H29N3. The summed E-state index contributed by atoms with van der Waals surface area (Å²) in [7, 11) is 0. The van der Waals surface area contributed by atoms with Crippen LogP contribution in [0, 0.1) is 11.8 Å². The highest BCUT2D eigenvalue weighted by molar-refractivity contribution is 4.99. The van der Waals surface area contributed by atoms with Crippen LogP contribution in [0.1, 0.15) is 39.0 Å². The van der Waals surface area contributed by atoms with Gasteiger partial charge in [0, 0.05) is 44.8 Å². The van der Waals surface area contributed by atoms with Crippen LogP contribution in [0.2, 0.25) is 0 Å². The lowest BCUT2D eigenvalue weighted by Gasteiger charge is -2.46. The van der Waals surface area contributed by atoms with E-state index in [9.17, 15) is 0 Å². The lowest BCUT2D eigenvalue weighted by molar-refractivity contribution is 0.0362. The van der Waals surface area contributed by atoms with Gasteiger partial charge in [0.15, 0.2) is 0 Å². The molecule has 0 aromatic heterocycles. The Bertz CT molecular complexity index is 281. The maximum atomic E-state index is 6.13. The van der Waals surface area contributed by atoms with Crippen molar-refractivity contribution in [2.24, 2.45) is 17.6 Å². The first-order chi connectivity index (χ1) is 8.72. The molecule has 2 unspecified atom stereocenters. The van der Waals surface area contributed by atoms with Gasteiger partial charge in [-0.05, 0) is 43.9 Å². The Morgan fingerprint density at radius 2 is 1.83 bits per heavy atom. The number of rotatable bonds is 4. The SMILES string of the molecule is CC1CCC(CN)(N2CCN(CC3CC3)CC2)C1. The Kier molecular flexibility index (Phi) is 3.65. The van der Waals surface area contributed by atoms with E-state index in [-0.39, 0.29) is 0 Å². The lowest BCUT2D eigenvalue weighted by atomic mass is 9.93. The number of piperazine rings is 1. The van der Waals surface area contributed by atoms with Crippen molar-refractivity contribution in [3.05, 3.63) is 0 Å². The van der Waals surface area contributed by atoms with Crippen LogP contribution >= 0.6 is 0 Å². The van der Waals surface area contributed by atoms with Crippen molar-refractivity contribution in [3.63, 3.8) is 0 Å². The van der Waals surface area contributed by atoms with Crippen LogP contribution in [0.4, 0.5) is 0 Å². The van der Waals surface area contributed by atoms with Gasteiger partial charge in [-0.25, -0.2) is 0 Å². The van der Waals surface area contributed by atoms with Crippen LogP contribution in [-0.2, 0) is 0 Å². The summed E-state index contributed by atoms with van der Waals surface area (Å²) in [6, 6.07) is 0. The summed E-state index contributed by atoms with van der Waals surface area (Å²) < 4.78 is 0. The molecule has 3 aliphatic rings. The third kappa shape index (κ3) is 2.59. The van der Waals surface area contributed by atoms with Crippen LogP contribution in [0.25, 0.3) is 0 Å². The summed E-state index contributed by atoms with van der Waals surface area (Å²) in [5.74, 6) is 1.91. The monoisotopic (exact) mass is 251 g/mol. The molecule has 2 N–H and O–H groups in total. The minimum atomic E-state index is 0.352. The highest BCUT2D eigenvalue weighted by Crippen LogP contribution is 2.39. The summed E-state index contributed by atoms with van der Waals surface area (Å²) in [5.41, 5.74) is 6.48. The highest BCUT2D eigenvalue weighted by atomic mass is 15.3. The predicted octanol–water partition coefficient (Wildman–Crippen LogP) is 1.53. The van der Waals surface area contributed by atoms with E-state index in [4.69, 9.17) is 5.73 Å². The molecule has 3 rings (SSSR count). The molecule has 3 nitrogen and oxygen atoms in total. The maximum Gasteiger partial charge on any atom is 0.0335 e. The maximum absolute atomic E-state index is 6.13. The molecule has 2 saturated carbocycles. The van der Waals surface area contributed by atoms with Crippen molar-refractivity contribution in [2.45, 2.75) is 44.6 Å². The van der Waals surface area contributed by atoms with E-state index in [0.717, 1.165) is 18.4 Å². The fourth-order valence-corrected chi connectivity index (χ4v) is 4.04. The fourth-order valence-electron chi connectivity index (χ4n) is 4.04. The van der Waals surface area contributed by atoms with Crippen molar-refractivity contribution in [3.8, 4) is 0 Å². The van der Waals surface area contributed by atoms with Gasteiger partial charge < -0.3 is 10.6 Å². The second-order valence-electron chi connectivity index (χ2n) is 7.01. The first-order valence-corrected chi connectivity index (χ1v) is 7.89. The summed E-state index contributed by atoms with van der Waals surface area (Å²) in [4.78, 5) is 5.40. The Morgan fingerprint density at radius 1 is 1.11 bits per heavy atom. The van der Waals surface area contributed by atoms with Crippen molar-refractivity contribution in [1.29, 1.82) is 0 Å². The second-order valence-corrected chi connectivity index (χ2v) is 7.01. The van der Waals surface area contributed by atoms with Crippen molar-refractivity contribution in [2.75, 3.05) is 39.3 Å². The Labute approximate surface area is 112 Å². The van der Waals surface area contributed by atoms with Crippen LogP contribution in [0.15, 0.2) is 0 Å². The first-order valence-electron chi connectivity index (χ1n) is 7.89. The van der Waals surface area contributed by atoms with Gasteiger partial charge in [-0.15, -0.1) is 0 Å². The molecule has 0 aromatic carbocycles. The highest BCUT2D eigenvalue weighted by Gasteiger charge is 2.42. The molecule has 3 fully saturated rings. The van der Waals surface area contributed by atoms with Gasteiger partial charge in [-0.1, -0.05) is 6.92 Å². The van der Waals surface area contributed by atoms with Gasteiger partial charge in [-0.2, -0.15) is 0 Å². The van der Waals surface area contributed by atoms with Crippen molar-refractivity contribution < 1.29 is 0 Å². The number of hydrogen-bond acceptors (Lipinski definition) is 3. The van der Waals surface area contributed by atoms with E-state index in [1.807, 2.05) is 0 Å². The topological polar surface area (TPSA) is 32.5 Å². The van der Waals surface area contributed by atoms with Gasteiger partial charge in [0.25, 0.3) is 0 Å². The third-order valence-corrected chi connectivity index (χ3v) is 5.47. The normalized spacial score (nSPS) is 39.3. The molecule has 3 heteroatoms. The minimum Gasteiger partial charge on any atom is -0.329 e. The Balaban J connectivity index is 1.54. The zero-order valence-electron chi connectivity index (χ0n) is 11.9. The Morgan fingerprint density at radius 3 is 2.33 bits per heavy atom. The van der Waals surface area contributed by atoms with E-state index < -0.39 is 0 Å². The fraction of sp³-hybridized carbons (Fsp3) is 1.00. The lowest BCUT2D eigenvalue weighted by Crippen LogP contribution is -2.59. The molecule has 0 aromatic rings. The summed E-state index contributed by atoms with van der Waals surface area (Å²) >= 11 is 0.